The van der Waals surface area contributed by atoms with Crippen LogP contribution in [0.3, 0.4) is 0 Å². The van der Waals surface area contributed by atoms with Crippen LogP contribution in [-0.2, 0) is 0 Å². The summed E-state index contributed by atoms with van der Waals surface area (Å²) in [4.78, 5) is 3.81. The summed E-state index contributed by atoms with van der Waals surface area (Å²) in [5.74, 6) is 0. The largest absolute Gasteiger partial charge is 0.300 e. The van der Waals surface area contributed by atoms with E-state index >= 15 is 0 Å². The first kappa shape index (κ1) is 12.4. The highest BCUT2D eigenvalue weighted by atomic mass is 32.1. The van der Waals surface area contributed by atoms with Gasteiger partial charge in [0.2, 0.25) is 0 Å². The minimum absolute atomic E-state index is 0.746. The van der Waals surface area contributed by atoms with E-state index in [-0.39, 0.29) is 0 Å². The molecule has 0 spiro atoms. The third-order valence-electron chi connectivity index (χ3n) is 3.71. The fourth-order valence-corrected chi connectivity index (χ4v) is 3.65. The lowest BCUT2D eigenvalue weighted by atomic mass is 10.1. The Morgan fingerprint density at radius 3 is 2.95 bits per heavy atom. The molecule has 0 fully saturated rings. The molecule has 0 radical (unpaired) electrons. The number of hydrogen-bond donors (Lipinski definition) is 0. The van der Waals surface area contributed by atoms with Crippen molar-refractivity contribution in [3.63, 3.8) is 0 Å². The van der Waals surface area contributed by atoms with E-state index in [1.807, 2.05) is 12.1 Å². The van der Waals surface area contributed by atoms with Gasteiger partial charge in [-0.1, -0.05) is 19.1 Å². The van der Waals surface area contributed by atoms with Gasteiger partial charge in [-0.2, -0.15) is 5.26 Å². The molecule has 0 bridgehead atoms. The van der Waals surface area contributed by atoms with Crippen molar-refractivity contribution in [1.29, 1.82) is 5.26 Å². The maximum atomic E-state index is 8.95. The number of thiophene rings is 1. The molecular weight excluding hydrogens is 252 g/mol. The second-order valence-electron chi connectivity index (χ2n) is 4.85. The van der Waals surface area contributed by atoms with Crippen LogP contribution >= 0.6 is 11.3 Å². The highest BCUT2D eigenvalue weighted by molar-refractivity contribution is 7.20. The Kier molecular flexibility index (Phi) is 3.37. The van der Waals surface area contributed by atoms with E-state index in [0.717, 1.165) is 31.6 Å². The third-order valence-corrected chi connectivity index (χ3v) is 4.88. The highest BCUT2D eigenvalue weighted by Gasteiger charge is 2.13. The predicted octanol–water partition coefficient (Wildman–Crippen LogP) is 3.88. The van der Waals surface area contributed by atoms with Gasteiger partial charge in [0.1, 0.15) is 0 Å². The summed E-state index contributed by atoms with van der Waals surface area (Å²) in [7, 11) is 0. The van der Waals surface area contributed by atoms with Gasteiger partial charge in [-0.3, -0.25) is 4.90 Å². The van der Waals surface area contributed by atoms with E-state index in [2.05, 4.69) is 36.1 Å². The smallest absolute Gasteiger partial charge is 0.0992 e. The van der Waals surface area contributed by atoms with Crippen LogP contribution in [0.5, 0.6) is 0 Å². The molecule has 0 saturated carbocycles. The van der Waals surface area contributed by atoms with Crippen LogP contribution in [0.15, 0.2) is 30.3 Å². The summed E-state index contributed by atoms with van der Waals surface area (Å²) in [5, 5.41) is 10.2. The molecule has 1 aromatic carbocycles. The summed E-state index contributed by atoms with van der Waals surface area (Å²) in [6, 6.07) is 10.4. The Bertz CT molecular complexity index is 676. The molecule has 0 atom stereocenters. The Morgan fingerprint density at radius 1 is 1.37 bits per heavy atom. The number of benzene rings is 1. The number of nitrogens with zero attached hydrogens (tertiary/aromatic N) is 2. The first-order chi connectivity index (χ1) is 9.30. The van der Waals surface area contributed by atoms with E-state index in [4.69, 9.17) is 5.26 Å². The van der Waals surface area contributed by atoms with Crippen LogP contribution in [0, 0.1) is 11.3 Å². The SMILES string of the molecule is CCN1CC=C(c2cc3ccc(C#N)cc3s2)CC1. The number of fused-ring (bicyclic) bond motifs is 1. The van der Waals surface area contributed by atoms with E-state index in [1.165, 1.54) is 20.5 Å². The van der Waals surface area contributed by atoms with Gasteiger partial charge >= 0.3 is 0 Å². The van der Waals surface area contributed by atoms with Gasteiger partial charge in [0.15, 0.2) is 0 Å². The average Bonchev–Trinajstić information content (AvgIpc) is 2.90. The van der Waals surface area contributed by atoms with Crippen LogP contribution < -0.4 is 0 Å². The zero-order chi connectivity index (χ0) is 13.2. The Hall–Kier alpha value is -1.63. The average molecular weight is 268 g/mol. The molecule has 3 rings (SSSR count). The van der Waals surface area contributed by atoms with E-state index < -0.39 is 0 Å². The molecule has 19 heavy (non-hydrogen) atoms. The summed E-state index contributed by atoms with van der Waals surface area (Å²) in [6.45, 7) is 5.55. The van der Waals surface area contributed by atoms with Gasteiger partial charge in [0.05, 0.1) is 11.6 Å². The van der Waals surface area contributed by atoms with Crippen molar-refractivity contribution in [2.75, 3.05) is 19.6 Å². The van der Waals surface area contributed by atoms with Crippen LogP contribution in [0.25, 0.3) is 15.7 Å². The lowest BCUT2D eigenvalue weighted by Gasteiger charge is -2.24. The van der Waals surface area contributed by atoms with Crippen LogP contribution in [0.1, 0.15) is 23.8 Å². The molecule has 0 aliphatic carbocycles. The number of rotatable bonds is 2. The molecule has 2 aromatic rings. The molecule has 2 nitrogen and oxygen atoms in total. The molecule has 96 valence electrons. The molecule has 0 amide bonds. The highest BCUT2D eigenvalue weighted by Crippen LogP contribution is 2.33. The number of likely N-dealkylation sites (N-methyl/N-ethyl adjacent to an activating group) is 1. The van der Waals surface area contributed by atoms with Crippen molar-refractivity contribution < 1.29 is 0 Å². The summed E-state index contributed by atoms with van der Waals surface area (Å²) < 4.78 is 1.22. The van der Waals surface area contributed by atoms with Gasteiger partial charge in [0.25, 0.3) is 0 Å². The molecule has 0 N–H and O–H groups in total. The maximum absolute atomic E-state index is 8.95. The predicted molar refractivity (Wildman–Crippen MR) is 81.2 cm³/mol. The molecule has 3 heteroatoms. The van der Waals surface area contributed by atoms with Crippen molar-refractivity contribution in [3.05, 3.63) is 40.8 Å². The standard InChI is InChI=1S/C16H16N2S/c1-2-18-7-5-13(6-8-18)16-10-14-4-3-12(11-17)9-15(14)19-16/h3-5,9-10H,2,6-8H2,1H3. The van der Waals surface area contributed by atoms with Crippen LogP contribution in [0.4, 0.5) is 0 Å². The zero-order valence-electron chi connectivity index (χ0n) is 11.0. The van der Waals surface area contributed by atoms with Crippen molar-refractivity contribution in [3.8, 4) is 6.07 Å². The lowest BCUT2D eigenvalue weighted by molar-refractivity contribution is 0.319. The molecule has 1 aliphatic rings. The normalized spacial score (nSPS) is 16.3. The van der Waals surface area contributed by atoms with Crippen molar-refractivity contribution >= 4 is 27.0 Å². The quantitative estimate of drug-likeness (QED) is 0.826. The number of hydrogen-bond acceptors (Lipinski definition) is 3. The molecule has 0 unspecified atom stereocenters. The van der Waals surface area contributed by atoms with Gasteiger partial charge < -0.3 is 0 Å². The first-order valence-electron chi connectivity index (χ1n) is 6.65. The third kappa shape index (κ3) is 2.42. The van der Waals surface area contributed by atoms with Gasteiger partial charge in [-0.15, -0.1) is 11.3 Å². The summed E-state index contributed by atoms with van der Waals surface area (Å²) in [5.41, 5.74) is 2.21. The Balaban J connectivity index is 1.94. The molecule has 1 aliphatic heterocycles. The Morgan fingerprint density at radius 2 is 2.26 bits per heavy atom. The van der Waals surface area contributed by atoms with E-state index in [9.17, 15) is 0 Å². The minimum atomic E-state index is 0.746. The molecule has 2 heterocycles. The fourth-order valence-electron chi connectivity index (χ4n) is 2.48. The monoisotopic (exact) mass is 268 g/mol. The van der Waals surface area contributed by atoms with Crippen molar-refractivity contribution in [2.24, 2.45) is 0 Å². The van der Waals surface area contributed by atoms with Gasteiger partial charge in [-0.05, 0) is 42.1 Å². The molecule has 1 aromatic heterocycles. The lowest BCUT2D eigenvalue weighted by Crippen LogP contribution is -2.27. The van der Waals surface area contributed by atoms with Gasteiger partial charge in [-0.25, -0.2) is 0 Å². The second-order valence-corrected chi connectivity index (χ2v) is 5.93. The van der Waals surface area contributed by atoms with Crippen molar-refractivity contribution in [1.82, 2.24) is 4.90 Å². The first-order valence-corrected chi connectivity index (χ1v) is 7.47. The summed E-state index contributed by atoms with van der Waals surface area (Å²) in [6.07, 6.45) is 3.48. The number of nitriles is 1. The van der Waals surface area contributed by atoms with E-state index in [0.29, 0.717) is 0 Å². The molecular formula is C16H16N2S. The van der Waals surface area contributed by atoms with Crippen LogP contribution in [-0.4, -0.2) is 24.5 Å². The van der Waals surface area contributed by atoms with E-state index in [1.54, 1.807) is 11.3 Å². The Labute approximate surface area is 117 Å². The van der Waals surface area contributed by atoms with Crippen LogP contribution in [0.2, 0.25) is 0 Å². The fraction of sp³-hybridized carbons (Fsp3) is 0.312. The second kappa shape index (κ2) is 5.16. The summed E-state index contributed by atoms with van der Waals surface area (Å²) >= 11 is 1.80. The minimum Gasteiger partial charge on any atom is -0.300 e. The van der Waals surface area contributed by atoms with Gasteiger partial charge in [0, 0.05) is 22.7 Å². The molecule has 0 saturated heterocycles. The van der Waals surface area contributed by atoms with Crippen molar-refractivity contribution in [2.45, 2.75) is 13.3 Å². The zero-order valence-corrected chi connectivity index (χ0v) is 11.8. The topological polar surface area (TPSA) is 27.0 Å². The maximum Gasteiger partial charge on any atom is 0.0992 e.